The number of unbranched alkanes of at least 4 members (excludes halogenated alkanes) is 19. The Kier molecular flexibility index (Phi) is 39.4. The Hall–Kier alpha value is -1.85. The van der Waals surface area contributed by atoms with Crippen molar-refractivity contribution in [2.24, 2.45) is 0 Å². The monoisotopic (exact) mass is 715 g/mol. The normalized spacial score (nSPS) is 12.4. The van der Waals surface area contributed by atoms with E-state index in [0.717, 1.165) is 64.5 Å². The van der Waals surface area contributed by atoms with Crippen molar-refractivity contribution in [3.05, 3.63) is 48.6 Å². The summed E-state index contributed by atoms with van der Waals surface area (Å²) in [5, 5.41) is 1.80. The summed E-state index contributed by atoms with van der Waals surface area (Å²) < 4.78 is 5.98. The summed E-state index contributed by atoms with van der Waals surface area (Å²) in [7, 11) is 4.10. The first-order valence-electron chi connectivity index (χ1n) is 21.9. The second kappa shape index (κ2) is 40.9. The zero-order chi connectivity index (χ0) is 37.3. The molecule has 0 saturated carbocycles. The third kappa shape index (κ3) is 39.2. The van der Waals surface area contributed by atoms with Crippen LogP contribution in [0.25, 0.3) is 0 Å². The van der Waals surface area contributed by atoms with Crippen LogP contribution in [0.15, 0.2) is 48.6 Å². The average molecular weight is 715 g/mol. The van der Waals surface area contributed by atoms with Gasteiger partial charge in [0.1, 0.15) is 6.10 Å². The molecule has 0 aliphatic heterocycles. The number of hydrogen-bond donors (Lipinski definition) is 0. The first kappa shape index (κ1) is 49.1. The molecule has 0 heterocycles. The summed E-state index contributed by atoms with van der Waals surface area (Å²) in [6, 6.07) is 0. The first-order chi connectivity index (χ1) is 25.0. The maximum atomic E-state index is 12.9. The maximum absolute atomic E-state index is 12.9. The molecule has 0 bridgehead atoms. The number of allylic oxidation sites excluding steroid dienone is 8. The number of carbonyl (C=O) groups is 1. The topological polar surface area (TPSA) is 42.0 Å². The summed E-state index contributed by atoms with van der Waals surface area (Å²) in [5.74, 6) is 0. The van der Waals surface area contributed by atoms with Crippen molar-refractivity contribution >= 4 is 6.16 Å². The Balaban J connectivity index is 4.39. The van der Waals surface area contributed by atoms with Gasteiger partial charge >= 0.3 is 6.16 Å². The maximum Gasteiger partial charge on any atom is 0.528 e. The van der Waals surface area contributed by atoms with E-state index in [0.29, 0.717) is 6.54 Å². The second-order valence-corrected chi connectivity index (χ2v) is 14.9. The van der Waals surface area contributed by atoms with Crippen molar-refractivity contribution in [2.45, 2.75) is 207 Å². The van der Waals surface area contributed by atoms with E-state index < -0.39 is 6.16 Å². The van der Waals surface area contributed by atoms with E-state index in [4.69, 9.17) is 9.57 Å². The number of rotatable bonds is 38. The van der Waals surface area contributed by atoms with Gasteiger partial charge in [0, 0.05) is 19.6 Å². The standard InChI is InChI=1S/C46H86N2O3/c1-6-9-12-14-16-18-20-22-24-26-28-30-32-34-36-38-40-45(50-46(49)51-48(42-11-8-3)44-43-47(4)5)41-39-37-35-33-31-29-27-25-23-21-19-17-15-13-10-7-2/h16-19,22-25,45H,6-15,20-21,26-44H2,1-5H3/b18-16-,19-17-,24-22-,25-23-. The largest absolute Gasteiger partial charge is 0.528 e. The molecule has 0 fully saturated rings. The lowest BCUT2D eigenvalue weighted by molar-refractivity contribution is -0.138. The number of hydrogen-bond acceptors (Lipinski definition) is 5. The van der Waals surface area contributed by atoms with E-state index >= 15 is 0 Å². The molecule has 298 valence electrons. The predicted octanol–water partition coefficient (Wildman–Crippen LogP) is 14.5. The molecular weight excluding hydrogens is 629 g/mol. The van der Waals surface area contributed by atoms with Crippen molar-refractivity contribution in [1.29, 1.82) is 0 Å². The third-order valence-electron chi connectivity index (χ3n) is 9.48. The lowest BCUT2D eigenvalue weighted by atomic mass is 10.0. The van der Waals surface area contributed by atoms with E-state index in [1.54, 1.807) is 5.06 Å². The van der Waals surface area contributed by atoms with Gasteiger partial charge in [0.2, 0.25) is 0 Å². The van der Waals surface area contributed by atoms with E-state index in [1.807, 2.05) is 14.1 Å². The van der Waals surface area contributed by atoms with Crippen LogP contribution in [-0.4, -0.2) is 56.0 Å². The molecule has 0 radical (unpaired) electrons. The highest BCUT2D eigenvalue weighted by Gasteiger charge is 2.19. The van der Waals surface area contributed by atoms with Crippen LogP contribution in [0.3, 0.4) is 0 Å². The van der Waals surface area contributed by atoms with Crippen LogP contribution in [0.1, 0.15) is 201 Å². The average Bonchev–Trinajstić information content (AvgIpc) is 3.12. The Morgan fingerprint density at radius 3 is 1.27 bits per heavy atom. The molecule has 0 spiro atoms. The van der Waals surface area contributed by atoms with Gasteiger partial charge in [-0.1, -0.05) is 153 Å². The van der Waals surface area contributed by atoms with Gasteiger partial charge in [-0.05, 0) is 110 Å². The third-order valence-corrected chi connectivity index (χ3v) is 9.48. The fourth-order valence-corrected chi connectivity index (χ4v) is 6.09. The Morgan fingerprint density at radius 1 is 0.471 bits per heavy atom. The van der Waals surface area contributed by atoms with Gasteiger partial charge in [-0.15, -0.1) is 5.06 Å². The lowest BCUT2D eigenvalue weighted by Gasteiger charge is -2.24. The van der Waals surface area contributed by atoms with Gasteiger partial charge < -0.3 is 14.5 Å². The summed E-state index contributed by atoms with van der Waals surface area (Å²) in [4.78, 5) is 20.7. The lowest BCUT2D eigenvalue weighted by Crippen LogP contribution is -2.35. The Morgan fingerprint density at radius 2 is 0.863 bits per heavy atom. The fourth-order valence-electron chi connectivity index (χ4n) is 6.09. The smallest absolute Gasteiger partial charge is 0.430 e. The molecule has 0 aromatic carbocycles. The van der Waals surface area contributed by atoms with E-state index in [2.05, 4.69) is 74.3 Å². The van der Waals surface area contributed by atoms with E-state index in [9.17, 15) is 4.79 Å². The van der Waals surface area contributed by atoms with Crippen molar-refractivity contribution in [3.8, 4) is 0 Å². The molecule has 5 nitrogen and oxygen atoms in total. The number of hydroxylamine groups is 2. The minimum absolute atomic E-state index is 0.0453. The zero-order valence-corrected chi connectivity index (χ0v) is 34.7. The Labute approximate surface area is 318 Å². The van der Waals surface area contributed by atoms with Crippen LogP contribution in [0, 0.1) is 0 Å². The number of ether oxygens (including phenoxy) is 1. The summed E-state index contributed by atoms with van der Waals surface area (Å²) in [6.07, 6.45) is 51.9. The molecule has 0 saturated heterocycles. The first-order valence-corrected chi connectivity index (χ1v) is 21.9. The SMILES string of the molecule is CCCCC/C=C\C/C=C\CCCCCCCCC(CCCCCCCC/C=C\C/C=C\CCCCC)OC(=O)ON(CCCC)CCN(C)C. The summed E-state index contributed by atoms with van der Waals surface area (Å²) >= 11 is 0. The van der Waals surface area contributed by atoms with Crippen molar-refractivity contribution in [3.63, 3.8) is 0 Å². The fraction of sp³-hybridized carbons (Fsp3) is 0.804. The predicted molar refractivity (Wildman–Crippen MR) is 224 cm³/mol. The zero-order valence-electron chi connectivity index (χ0n) is 34.7. The quantitative estimate of drug-likeness (QED) is 0.0276. The molecule has 5 heteroatoms. The number of nitrogens with zero attached hydrogens (tertiary/aromatic N) is 2. The minimum Gasteiger partial charge on any atom is -0.430 e. The van der Waals surface area contributed by atoms with Gasteiger partial charge in [0.25, 0.3) is 0 Å². The van der Waals surface area contributed by atoms with Crippen LogP contribution < -0.4 is 0 Å². The van der Waals surface area contributed by atoms with Gasteiger partial charge in [-0.3, -0.25) is 0 Å². The molecule has 0 rings (SSSR count). The molecule has 0 aromatic rings. The highest BCUT2D eigenvalue weighted by Crippen LogP contribution is 2.18. The van der Waals surface area contributed by atoms with Crippen molar-refractivity contribution in [1.82, 2.24) is 9.96 Å². The molecule has 0 N–H and O–H groups in total. The number of carbonyl (C=O) groups excluding carboxylic acids is 1. The van der Waals surface area contributed by atoms with Crippen LogP contribution >= 0.6 is 0 Å². The van der Waals surface area contributed by atoms with Crippen LogP contribution in [0.2, 0.25) is 0 Å². The molecule has 0 aromatic heterocycles. The molecule has 0 atom stereocenters. The minimum atomic E-state index is -0.519. The molecule has 0 unspecified atom stereocenters. The molecular formula is C46H86N2O3. The second-order valence-electron chi connectivity index (χ2n) is 14.9. The van der Waals surface area contributed by atoms with Crippen molar-refractivity contribution in [2.75, 3.05) is 33.7 Å². The molecule has 0 amide bonds. The van der Waals surface area contributed by atoms with Crippen LogP contribution in [0.5, 0.6) is 0 Å². The number of likely N-dealkylation sites (N-methyl/N-ethyl adjacent to an activating group) is 1. The highest BCUT2D eigenvalue weighted by atomic mass is 16.8. The van der Waals surface area contributed by atoms with Gasteiger partial charge in [0.05, 0.1) is 0 Å². The summed E-state index contributed by atoms with van der Waals surface area (Å²) in [5.41, 5.74) is 0. The van der Waals surface area contributed by atoms with E-state index in [1.165, 1.54) is 128 Å². The molecule has 51 heavy (non-hydrogen) atoms. The Bertz CT molecular complexity index is 786. The van der Waals surface area contributed by atoms with Gasteiger partial charge in [0.15, 0.2) is 0 Å². The van der Waals surface area contributed by atoms with E-state index in [-0.39, 0.29) is 6.10 Å². The van der Waals surface area contributed by atoms with Gasteiger partial charge in [-0.25, -0.2) is 4.79 Å². The summed E-state index contributed by atoms with van der Waals surface area (Å²) in [6.45, 7) is 8.98. The molecule has 0 aliphatic rings. The molecule has 0 aliphatic carbocycles. The van der Waals surface area contributed by atoms with Gasteiger partial charge in [-0.2, -0.15) is 0 Å². The van der Waals surface area contributed by atoms with Crippen LogP contribution in [-0.2, 0) is 9.57 Å². The van der Waals surface area contributed by atoms with Crippen LogP contribution in [0.4, 0.5) is 4.79 Å². The van der Waals surface area contributed by atoms with Crippen molar-refractivity contribution < 1.29 is 14.4 Å². The highest BCUT2D eigenvalue weighted by molar-refractivity contribution is 5.59.